The standard InChI is InChI=1S/C17H16FN3O3/c18-15-6-5-14(21(23)24)9-16(15)19-17(22)11-20-8-7-12-3-1-2-4-13(12)10-20/h1-6,9H,7-8,10-11H2,(H,19,22). The van der Waals surface area contributed by atoms with Gasteiger partial charge in [0.1, 0.15) is 5.82 Å². The lowest BCUT2D eigenvalue weighted by Gasteiger charge is -2.28. The normalized spacial score (nSPS) is 14.0. The number of fused-ring (bicyclic) bond motifs is 1. The number of hydrogen-bond acceptors (Lipinski definition) is 4. The molecule has 3 rings (SSSR count). The second-order valence-corrected chi connectivity index (χ2v) is 5.70. The van der Waals surface area contributed by atoms with Gasteiger partial charge in [-0.3, -0.25) is 19.8 Å². The van der Waals surface area contributed by atoms with E-state index in [1.54, 1.807) is 0 Å². The fourth-order valence-electron chi connectivity index (χ4n) is 2.80. The number of amides is 1. The summed E-state index contributed by atoms with van der Waals surface area (Å²) in [6.45, 7) is 1.50. The Morgan fingerprint density at radius 3 is 2.75 bits per heavy atom. The van der Waals surface area contributed by atoms with Gasteiger partial charge in [-0.15, -0.1) is 0 Å². The summed E-state index contributed by atoms with van der Waals surface area (Å²) in [5.74, 6) is -1.09. The van der Waals surface area contributed by atoms with Gasteiger partial charge in [0, 0.05) is 25.2 Å². The van der Waals surface area contributed by atoms with Crippen molar-refractivity contribution in [1.29, 1.82) is 0 Å². The first-order chi connectivity index (χ1) is 11.5. The molecule has 0 radical (unpaired) electrons. The van der Waals surface area contributed by atoms with E-state index in [9.17, 15) is 19.3 Å². The number of nitro benzene ring substituents is 1. The summed E-state index contributed by atoms with van der Waals surface area (Å²) in [6, 6.07) is 11.1. The highest BCUT2D eigenvalue weighted by Crippen LogP contribution is 2.22. The zero-order chi connectivity index (χ0) is 17.1. The number of nitrogens with zero attached hydrogens (tertiary/aromatic N) is 2. The predicted molar refractivity (Wildman–Crippen MR) is 87.1 cm³/mol. The van der Waals surface area contributed by atoms with E-state index in [0.717, 1.165) is 31.2 Å². The zero-order valence-corrected chi connectivity index (χ0v) is 12.9. The van der Waals surface area contributed by atoms with Crippen molar-refractivity contribution in [3.8, 4) is 0 Å². The van der Waals surface area contributed by atoms with Crippen LogP contribution in [0, 0.1) is 15.9 Å². The van der Waals surface area contributed by atoms with Gasteiger partial charge in [0.2, 0.25) is 5.91 Å². The highest BCUT2D eigenvalue weighted by molar-refractivity contribution is 5.92. The van der Waals surface area contributed by atoms with Crippen LogP contribution < -0.4 is 5.32 Å². The third-order valence-corrected chi connectivity index (χ3v) is 4.01. The minimum absolute atomic E-state index is 0.108. The smallest absolute Gasteiger partial charge is 0.271 e. The number of non-ortho nitro benzene ring substituents is 1. The number of nitrogens with one attached hydrogen (secondary N) is 1. The fraction of sp³-hybridized carbons (Fsp3) is 0.235. The van der Waals surface area contributed by atoms with E-state index in [1.165, 1.54) is 11.1 Å². The van der Waals surface area contributed by atoms with E-state index < -0.39 is 16.6 Å². The van der Waals surface area contributed by atoms with Crippen LogP contribution in [-0.4, -0.2) is 28.8 Å². The van der Waals surface area contributed by atoms with Gasteiger partial charge in [0.15, 0.2) is 0 Å². The highest BCUT2D eigenvalue weighted by atomic mass is 19.1. The molecule has 1 aliphatic rings. The molecule has 0 spiro atoms. The number of carbonyl (C=O) groups is 1. The maximum atomic E-state index is 13.7. The Morgan fingerprint density at radius 2 is 2.00 bits per heavy atom. The Hall–Kier alpha value is -2.80. The number of anilines is 1. The molecule has 0 aromatic heterocycles. The topological polar surface area (TPSA) is 75.5 Å². The molecule has 1 N–H and O–H groups in total. The molecule has 7 heteroatoms. The molecule has 0 unspecified atom stereocenters. The van der Waals surface area contributed by atoms with Gasteiger partial charge in [-0.05, 0) is 23.6 Å². The van der Waals surface area contributed by atoms with Gasteiger partial charge in [0.25, 0.3) is 5.69 Å². The predicted octanol–water partition coefficient (Wildman–Crippen LogP) is 2.73. The molecule has 0 saturated heterocycles. The molecule has 24 heavy (non-hydrogen) atoms. The summed E-state index contributed by atoms with van der Waals surface area (Å²) < 4.78 is 13.7. The Morgan fingerprint density at radius 1 is 1.25 bits per heavy atom. The number of nitro groups is 1. The van der Waals surface area contributed by atoms with Crippen molar-refractivity contribution in [2.45, 2.75) is 13.0 Å². The molecule has 1 heterocycles. The van der Waals surface area contributed by atoms with Gasteiger partial charge >= 0.3 is 0 Å². The van der Waals surface area contributed by atoms with Crippen LogP contribution in [0.1, 0.15) is 11.1 Å². The molecular formula is C17H16FN3O3. The largest absolute Gasteiger partial charge is 0.322 e. The number of carbonyl (C=O) groups excluding carboxylic acids is 1. The maximum absolute atomic E-state index is 13.7. The van der Waals surface area contributed by atoms with E-state index in [0.29, 0.717) is 6.54 Å². The summed E-state index contributed by atoms with van der Waals surface area (Å²) in [4.78, 5) is 24.2. The van der Waals surface area contributed by atoms with Crippen molar-refractivity contribution in [2.24, 2.45) is 0 Å². The van der Waals surface area contributed by atoms with E-state index >= 15 is 0 Å². The van der Waals surface area contributed by atoms with Crippen molar-refractivity contribution < 1.29 is 14.1 Å². The Labute approximate surface area is 138 Å². The Kier molecular flexibility index (Phi) is 4.52. The third-order valence-electron chi connectivity index (χ3n) is 4.01. The van der Waals surface area contributed by atoms with Crippen molar-refractivity contribution in [2.75, 3.05) is 18.4 Å². The second kappa shape index (κ2) is 6.76. The van der Waals surface area contributed by atoms with Crippen LogP contribution in [0.15, 0.2) is 42.5 Å². The summed E-state index contributed by atoms with van der Waals surface area (Å²) in [6.07, 6.45) is 0.856. The Balaban J connectivity index is 1.65. The lowest BCUT2D eigenvalue weighted by molar-refractivity contribution is -0.384. The van der Waals surface area contributed by atoms with Gasteiger partial charge in [-0.25, -0.2) is 4.39 Å². The molecule has 2 aromatic rings. The van der Waals surface area contributed by atoms with Crippen LogP contribution in [0.4, 0.5) is 15.8 Å². The van der Waals surface area contributed by atoms with Crippen molar-refractivity contribution in [3.63, 3.8) is 0 Å². The van der Waals surface area contributed by atoms with Gasteiger partial charge in [-0.2, -0.15) is 0 Å². The summed E-state index contributed by atoms with van der Waals surface area (Å²) in [5.41, 5.74) is 2.02. The Bertz CT molecular complexity index is 794. The van der Waals surface area contributed by atoms with Gasteiger partial charge < -0.3 is 5.32 Å². The number of rotatable bonds is 4. The second-order valence-electron chi connectivity index (χ2n) is 5.70. The molecule has 1 aliphatic heterocycles. The monoisotopic (exact) mass is 329 g/mol. The molecule has 0 bridgehead atoms. The van der Waals surface area contributed by atoms with Crippen LogP contribution in [0.25, 0.3) is 0 Å². The molecule has 0 saturated carbocycles. The van der Waals surface area contributed by atoms with Crippen LogP contribution >= 0.6 is 0 Å². The van der Waals surface area contributed by atoms with E-state index in [2.05, 4.69) is 11.4 Å². The summed E-state index contributed by atoms with van der Waals surface area (Å²) in [7, 11) is 0. The maximum Gasteiger partial charge on any atom is 0.271 e. The third kappa shape index (κ3) is 3.57. The molecule has 0 fully saturated rings. The van der Waals surface area contributed by atoms with Crippen molar-refractivity contribution in [3.05, 3.63) is 69.5 Å². The minimum Gasteiger partial charge on any atom is -0.322 e. The van der Waals surface area contributed by atoms with E-state index in [4.69, 9.17) is 0 Å². The lowest BCUT2D eigenvalue weighted by atomic mass is 10.00. The van der Waals surface area contributed by atoms with E-state index in [1.807, 2.05) is 23.1 Å². The molecule has 6 nitrogen and oxygen atoms in total. The average molecular weight is 329 g/mol. The SMILES string of the molecule is O=C(CN1CCc2ccccc2C1)Nc1cc([N+](=O)[O-])ccc1F. The molecular weight excluding hydrogens is 313 g/mol. The first kappa shape index (κ1) is 16.1. The molecule has 1 amide bonds. The lowest BCUT2D eigenvalue weighted by Crippen LogP contribution is -2.37. The van der Waals surface area contributed by atoms with Crippen LogP contribution in [0.3, 0.4) is 0 Å². The molecule has 124 valence electrons. The average Bonchev–Trinajstić information content (AvgIpc) is 2.56. The van der Waals surface area contributed by atoms with E-state index in [-0.39, 0.29) is 17.9 Å². The minimum atomic E-state index is -0.696. The number of halogens is 1. The van der Waals surface area contributed by atoms with Crippen molar-refractivity contribution >= 4 is 17.3 Å². The fourth-order valence-corrected chi connectivity index (χ4v) is 2.80. The zero-order valence-electron chi connectivity index (χ0n) is 12.9. The highest BCUT2D eigenvalue weighted by Gasteiger charge is 2.19. The van der Waals surface area contributed by atoms with Gasteiger partial charge in [-0.1, -0.05) is 24.3 Å². The summed E-state index contributed by atoms with van der Waals surface area (Å²) >= 11 is 0. The van der Waals surface area contributed by atoms with Gasteiger partial charge in [0.05, 0.1) is 17.2 Å². The molecule has 0 aliphatic carbocycles. The molecule has 2 aromatic carbocycles. The number of hydrogen-bond donors (Lipinski definition) is 1. The van der Waals surface area contributed by atoms with Crippen LogP contribution in [0.5, 0.6) is 0 Å². The van der Waals surface area contributed by atoms with Crippen LogP contribution in [0.2, 0.25) is 0 Å². The quantitative estimate of drug-likeness (QED) is 0.691. The molecule has 0 atom stereocenters. The number of benzene rings is 2. The first-order valence-corrected chi connectivity index (χ1v) is 7.56. The van der Waals surface area contributed by atoms with Crippen molar-refractivity contribution in [1.82, 2.24) is 4.90 Å². The van der Waals surface area contributed by atoms with Crippen LogP contribution in [-0.2, 0) is 17.8 Å². The first-order valence-electron chi connectivity index (χ1n) is 7.56. The summed E-state index contributed by atoms with van der Waals surface area (Å²) in [5, 5.41) is 13.2.